The number of non-ortho nitro benzene ring substituents is 1. The summed E-state index contributed by atoms with van der Waals surface area (Å²) in [5, 5.41) is 14.6. The van der Waals surface area contributed by atoms with Crippen molar-refractivity contribution in [3.63, 3.8) is 0 Å². The molecule has 2 heterocycles. The lowest BCUT2D eigenvalue weighted by Crippen LogP contribution is -2.61. The summed E-state index contributed by atoms with van der Waals surface area (Å²) in [5.41, 5.74) is 4.19. The SMILES string of the molecule is COc1ccc(CCNC(=O)[C@@H]2Cc3cc([N+](=O)[O-])ccc3N3CCN(Cc4ccccc4)C[C@H]23)cc1OC. The lowest BCUT2D eigenvalue weighted by Gasteiger charge is -2.49. The van der Waals surface area contributed by atoms with Crippen LogP contribution in [0.15, 0.2) is 66.7 Å². The summed E-state index contributed by atoms with van der Waals surface area (Å²) >= 11 is 0. The van der Waals surface area contributed by atoms with Gasteiger partial charge in [-0.2, -0.15) is 0 Å². The molecule has 2 atom stereocenters. The van der Waals surface area contributed by atoms with Crippen molar-refractivity contribution in [3.8, 4) is 11.5 Å². The van der Waals surface area contributed by atoms with Crippen molar-refractivity contribution in [2.24, 2.45) is 5.92 Å². The second kappa shape index (κ2) is 11.7. The normalized spacial score (nSPS) is 18.6. The van der Waals surface area contributed by atoms with Gasteiger partial charge in [0.15, 0.2) is 11.5 Å². The molecule has 204 valence electrons. The van der Waals surface area contributed by atoms with Crippen LogP contribution < -0.4 is 19.7 Å². The molecule has 1 N–H and O–H groups in total. The number of rotatable bonds is 9. The number of nitro benzene ring substituents is 1. The highest BCUT2D eigenvalue weighted by Crippen LogP contribution is 2.38. The van der Waals surface area contributed by atoms with E-state index >= 15 is 0 Å². The summed E-state index contributed by atoms with van der Waals surface area (Å²) in [5.74, 6) is 0.980. The van der Waals surface area contributed by atoms with Crippen molar-refractivity contribution in [2.75, 3.05) is 45.3 Å². The van der Waals surface area contributed by atoms with E-state index in [1.165, 1.54) is 5.56 Å². The molecule has 0 aliphatic carbocycles. The molecular formula is C30H34N4O5. The largest absolute Gasteiger partial charge is 0.493 e. The van der Waals surface area contributed by atoms with Crippen molar-refractivity contribution in [2.45, 2.75) is 25.4 Å². The van der Waals surface area contributed by atoms with E-state index in [1.54, 1.807) is 26.4 Å². The van der Waals surface area contributed by atoms with Crippen LogP contribution in [0.3, 0.4) is 0 Å². The summed E-state index contributed by atoms with van der Waals surface area (Å²) in [6, 6.07) is 21.1. The fourth-order valence-corrected chi connectivity index (χ4v) is 5.76. The van der Waals surface area contributed by atoms with Gasteiger partial charge in [0.05, 0.1) is 31.1 Å². The van der Waals surface area contributed by atoms with Gasteiger partial charge in [-0.05, 0) is 47.7 Å². The van der Waals surface area contributed by atoms with Gasteiger partial charge in [0.2, 0.25) is 5.91 Å². The van der Waals surface area contributed by atoms with Crippen LogP contribution >= 0.6 is 0 Å². The van der Waals surface area contributed by atoms with Crippen molar-refractivity contribution in [1.29, 1.82) is 0 Å². The van der Waals surface area contributed by atoms with Gasteiger partial charge in [0.25, 0.3) is 5.69 Å². The fraction of sp³-hybridized carbons (Fsp3) is 0.367. The van der Waals surface area contributed by atoms with Gasteiger partial charge >= 0.3 is 0 Å². The zero-order valence-corrected chi connectivity index (χ0v) is 22.3. The maximum Gasteiger partial charge on any atom is 0.269 e. The molecule has 1 fully saturated rings. The minimum absolute atomic E-state index is 0.0162. The Bertz CT molecular complexity index is 1330. The molecule has 1 amide bonds. The van der Waals surface area contributed by atoms with Gasteiger partial charge in [-0.3, -0.25) is 19.8 Å². The molecule has 2 aliphatic heterocycles. The van der Waals surface area contributed by atoms with Crippen molar-refractivity contribution >= 4 is 17.3 Å². The Morgan fingerprint density at radius 2 is 1.79 bits per heavy atom. The summed E-state index contributed by atoms with van der Waals surface area (Å²) in [6.07, 6.45) is 1.12. The zero-order valence-electron chi connectivity index (χ0n) is 22.3. The molecule has 3 aromatic rings. The van der Waals surface area contributed by atoms with Crippen LogP contribution in [-0.2, 0) is 24.2 Å². The summed E-state index contributed by atoms with van der Waals surface area (Å²) in [7, 11) is 3.20. The molecule has 0 unspecified atom stereocenters. The van der Waals surface area contributed by atoms with E-state index in [9.17, 15) is 14.9 Å². The first-order chi connectivity index (χ1) is 19.0. The molecule has 2 aliphatic rings. The predicted molar refractivity (Wildman–Crippen MR) is 149 cm³/mol. The van der Waals surface area contributed by atoms with E-state index in [-0.39, 0.29) is 28.5 Å². The maximum atomic E-state index is 13.6. The highest BCUT2D eigenvalue weighted by Gasteiger charge is 2.41. The van der Waals surface area contributed by atoms with Crippen molar-refractivity contribution in [1.82, 2.24) is 10.2 Å². The second-order valence-electron chi connectivity index (χ2n) is 10.1. The molecular weight excluding hydrogens is 496 g/mol. The number of fused-ring (bicyclic) bond motifs is 3. The fourth-order valence-electron chi connectivity index (χ4n) is 5.76. The number of nitro groups is 1. The van der Waals surface area contributed by atoms with Crippen molar-refractivity contribution in [3.05, 3.63) is 93.5 Å². The molecule has 0 spiro atoms. The topological polar surface area (TPSA) is 97.2 Å². The van der Waals surface area contributed by atoms with Crippen LogP contribution in [0.2, 0.25) is 0 Å². The molecule has 9 heteroatoms. The van der Waals surface area contributed by atoms with Gasteiger partial charge in [-0.1, -0.05) is 36.4 Å². The Hall–Kier alpha value is -4.11. The quantitative estimate of drug-likeness (QED) is 0.332. The van der Waals surface area contributed by atoms with Gasteiger partial charge in [-0.25, -0.2) is 0 Å². The maximum absolute atomic E-state index is 13.6. The first-order valence-corrected chi connectivity index (χ1v) is 13.3. The molecule has 0 aromatic heterocycles. The Labute approximate surface area is 228 Å². The van der Waals surface area contributed by atoms with E-state index in [4.69, 9.17) is 9.47 Å². The average Bonchev–Trinajstić information content (AvgIpc) is 2.96. The summed E-state index contributed by atoms with van der Waals surface area (Å²) in [6.45, 7) is 3.67. The first-order valence-electron chi connectivity index (χ1n) is 13.3. The van der Waals surface area contributed by atoms with Crippen LogP contribution in [0.4, 0.5) is 11.4 Å². The van der Waals surface area contributed by atoms with E-state index in [2.05, 4.69) is 27.2 Å². The Morgan fingerprint density at radius 1 is 1.00 bits per heavy atom. The number of benzene rings is 3. The minimum Gasteiger partial charge on any atom is -0.493 e. The number of ether oxygens (including phenoxy) is 2. The molecule has 0 saturated carbocycles. The number of carbonyl (C=O) groups is 1. The number of hydrogen-bond acceptors (Lipinski definition) is 7. The lowest BCUT2D eigenvalue weighted by molar-refractivity contribution is -0.384. The monoisotopic (exact) mass is 530 g/mol. The van der Waals surface area contributed by atoms with Crippen LogP contribution in [-0.4, -0.2) is 62.2 Å². The smallest absolute Gasteiger partial charge is 0.269 e. The highest BCUT2D eigenvalue weighted by molar-refractivity contribution is 5.82. The number of amides is 1. The highest BCUT2D eigenvalue weighted by atomic mass is 16.6. The van der Waals surface area contributed by atoms with Gasteiger partial charge < -0.3 is 19.7 Å². The first kappa shape index (κ1) is 26.5. The number of carbonyl (C=O) groups excluding carboxylic acids is 1. The second-order valence-corrected chi connectivity index (χ2v) is 10.1. The molecule has 5 rings (SSSR count). The average molecular weight is 531 g/mol. The summed E-state index contributed by atoms with van der Waals surface area (Å²) in [4.78, 5) is 29.4. The number of anilines is 1. The predicted octanol–water partition coefficient (Wildman–Crippen LogP) is 3.83. The Balaban J connectivity index is 1.32. The zero-order chi connectivity index (χ0) is 27.4. The molecule has 0 bridgehead atoms. The third kappa shape index (κ3) is 5.83. The number of nitrogens with zero attached hydrogens (tertiary/aromatic N) is 3. The van der Waals surface area contributed by atoms with E-state index in [1.807, 2.05) is 42.5 Å². The molecule has 1 saturated heterocycles. The number of piperazine rings is 1. The molecule has 3 aromatic carbocycles. The third-order valence-corrected chi connectivity index (χ3v) is 7.74. The standard InChI is InChI=1S/C30H34N4O5/c1-38-28-11-8-21(16-29(28)39-2)12-13-31-30(35)25-18-23-17-24(34(36)37)9-10-26(23)33-15-14-32(20-27(25)33)19-22-6-4-3-5-7-22/h3-11,16-17,25,27H,12-15,18-20H2,1-2H3,(H,31,35)/t25-,27-/m1/s1. The van der Waals surface area contributed by atoms with E-state index in [0.29, 0.717) is 30.9 Å². The number of hydrogen-bond donors (Lipinski definition) is 1. The Kier molecular flexibility index (Phi) is 7.97. The van der Waals surface area contributed by atoms with E-state index < -0.39 is 0 Å². The van der Waals surface area contributed by atoms with Gasteiger partial charge in [0.1, 0.15) is 0 Å². The van der Waals surface area contributed by atoms with E-state index in [0.717, 1.165) is 43.0 Å². The molecule has 39 heavy (non-hydrogen) atoms. The van der Waals surface area contributed by atoms with Crippen LogP contribution in [0.1, 0.15) is 16.7 Å². The lowest BCUT2D eigenvalue weighted by atomic mass is 9.83. The minimum atomic E-state index is -0.373. The molecule has 9 nitrogen and oxygen atoms in total. The Morgan fingerprint density at radius 3 is 2.54 bits per heavy atom. The van der Waals surface area contributed by atoms with Crippen molar-refractivity contribution < 1.29 is 19.2 Å². The van der Waals surface area contributed by atoms with Gasteiger partial charge in [0, 0.05) is 50.5 Å². The van der Waals surface area contributed by atoms with Crippen LogP contribution in [0, 0.1) is 16.0 Å². The molecule has 0 radical (unpaired) electrons. The third-order valence-electron chi connectivity index (χ3n) is 7.74. The number of nitrogens with one attached hydrogen (secondary N) is 1. The van der Waals surface area contributed by atoms with Gasteiger partial charge in [-0.15, -0.1) is 0 Å². The summed E-state index contributed by atoms with van der Waals surface area (Å²) < 4.78 is 10.7. The number of methoxy groups -OCH3 is 2. The van der Waals surface area contributed by atoms with Crippen LogP contribution in [0.5, 0.6) is 11.5 Å². The van der Waals surface area contributed by atoms with Crippen LogP contribution in [0.25, 0.3) is 0 Å².